The second-order valence-electron chi connectivity index (χ2n) is 5.23. The zero-order chi connectivity index (χ0) is 13.6. The average molecular weight is 271 g/mol. The molecule has 0 radical (unpaired) electrons. The van der Waals surface area contributed by atoms with Crippen LogP contribution in [0.25, 0.3) is 0 Å². The van der Waals surface area contributed by atoms with Crippen LogP contribution in [0.1, 0.15) is 12.8 Å². The van der Waals surface area contributed by atoms with Gasteiger partial charge in [-0.25, -0.2) is 0 Å². The van der Waals surface area contributed by atoms with Gasteiger partial charge < -0.3 is 9.47 Å². The SMILES string of the molecule is C1=CC2CC(NCCCOc3ccccc3)OC2C=C1. The van der Waals surface area contributed by atoms with E-state index in [0.717, 1.165) is 31.7 Å². The minimum absolute atomic E-state index is 0.175. The topological polar surface area (TPSA) is 30.5 Å². The first kappa shape index (κ1) is 13.4. The van der Waals surface area contributed by atoms with Crippen molar-refractivity contribution in [3.05, 3.63) is 54.6 Å². The van der Waals surface area contributed by atoms with Crippen molar-refractivity contribution >= 4 is 0 Å². The van der Waals surface area contributed by atoms with Gasteiger partial charge in [-0.2, -0.15) is 0 Å². The molecule has 106 valence electrons. The number of rotatable bonds is 6. The first-order valence-corrected chi connectivity index (χ1v) is 7.33. The summed E-state index contributed by atoms with van der Waals surface area (Å²) >= 11 is 0. The summed E-state index contributed by atoms with van der Waals surface area (Å²) in [5, 5.41) is 3.45. The van der Waals surface area contributed by atoms with E-state index in [4.69, 9.17) is 9.47 Å². The van der Waals surface area contributed by atoms with E-state index in [-0.39, 0.29) is 12.3 Å². The van der Waals surface area contributed by atoms with E-state index in [1.54, 1.807) is 0 Å². The summed E-state index contributed by atoms with van der Waals surface area (Å²) < 4.78 is 11.6. The van der Waals surface area contributed by atoms with Crippen LogP contribution in [0.4, 0.5) is 0 Å². The minimum atomic E-state index is 0.175. The molecule has 1 aromatic rings. The van der Waals surface area contributed by atoms with E-state index in [9.17, 15) is 0 Å². The molecule has 1 N–H and O–H groups in total. The minimum Gasteiger partial charge on any atom is -0.494 e. The number of nitrogens with one attached hydrogen (secondary N) is 1. The van der Waals surface area contributed by atoms with Gasteiger partial charge in [0.05, 0.1) is 12.7 Å². The van der Waals surface area contributed by atoms with Crippen LogP contribution in [0, 0.1) is 5.92 Å². The Kier molecular flexibility index (Phi) is 4.51. The molecule has 2 aliphatic rings. The van der Waals surface area contributed by atoms with E-state index in [0.29, 0.717) is 5.92 Å². The molecule has 1 fully saturated rings. The summed E-state index contributed by atoms with van der Waals surface area (Å²) in [6.45, 7) is 1.65. The second-order valence-corrected chi connectivity index (χ2v) is 5.23. The average Bonchev–Trinajstić information content (AvgIpc) is 2.90. The molecular formula is C17H21NO2. The number of para-hydroxylation sites is 1. The zero-order valence-electron chi connectivity index (χ0n) is 11.6. The van der Waals surface area contributed by atoms with Gasteiger partial charge in [-0.15, -0.1) is 0 Å². The van der Waals surface area contributed by atoms with Gasteiger partial charge in [0.25, 0.3) is 0 Å². The van der Waals surface area contributed by atoms with E-state index in [1.165, 1.54) is 0 Å². The van der Waals surface area contributed by atoms with Crippen molar-refractivity contribution in [2.45, 2.75) is 25.2 Å². The number of benzene rings is 1. The van der Waals surface area contributed by atoms with E-state index >= 15 is 0 Å². The Hall–Kier alpha value is -1.58. The Morgan fingerprint density at radius 2 is 2.00 bits per heavy atom. The molecule has 1 saturated heterocycles. The fraction of sp³-hybridized carbons (Fsp3) is 0.412. The quantitative estimate of drug-likeness (QED) is 0.807. The van der Waals surface area contributed by atoms with Crippen molar-refractivity contribution in [2.75, 3.05) is 13.2 Å². The summed E-state index contributed by atoms with van der Waals surface area (Å²) in [5.41, 5.74) is 0. The number of allylic oxidation sites excluding steroid dienone is 2. The molecule has 20 heavy (non-hydrogen) atoms. The Bertz CT molecular complexity index is 449. The third kappa shape index (κ3) is 3.50. The predicted octanol–water partition coefficient (Wildman–Crippen LogP) is 2.90. The van der Waals surface area contributed by atoms with Gasteiger partial charge >= 0.3 is 0 Å². The molecule has 1 aliphatic carbocycles. The lowest BCUT2D eigenvalue weighted by Crippen LogP contribution is -2.30. The highest BCUT2D eigenvalue weighted by atomic mass is 16.5. The molecule has 3 atom stereocenters. The van der Waals surface area contributed by atoms with Crippen molar-refractivity contribution < 1.29 is 9.47 Å². The van der Waals surface area contributed by atoms with Crippen molar-refractivity contribution in [3.8, 4) is 5.75 Å². The van der Waals surface area contributed by atoms with Gasteiger partial charge in [0.15, 0.2) is 0 Å². The van der Waals surface area contributed by atoms with Crippen LogP contribution in [-0.2, 0) is 4.74 Å². The summed E-state index contributed by atoms with van der Waals surface area (Å²) in [4.78, 5) is 0. The Balaban J connectivity index is 1.31. The van der Waals surface area contributed by atoms with Gasteiger partial charge in [0, 0.05) is 12.5 Å². The van der Waals surface area contributed by atoms with Crippen LogP contribution in [0.5, 0.6) is 5.75 Å². The second kappa shape index (κ2) is 6.73. The molecule has 3 unspecified atom stereocenters. The smallest absolute Gasteiger partial charge is 0.119 e. The lowest BCUT2D eigenvalue weighted by Gasteiger charge is -2.14. The van der Waals surface area contributed by atoms with E-state index in [1.807, 2.05) is 30.3 Å². The maximum Gasteiger partial charge on any atom is 0.119 e. The zero-order valence-corrected chi connectivity index (χ0v) is 11.6. The molecule has 0 aromatic heterocycles. The van der Waals surface area contributed by atoms with E-state index in [2.05, 4.69) is 29.6 Å². The van der Waals surface area contributed by atoms with Crippen molar-refractivity contribution in [1.29, 1.82) is 0 Å². The Labute approximate surface area is 120 Å². The molecule has 0 spiro atoms. The largest absolute Gasteiger partial charge is 0.494 e. The fourth-order valence-electron chi connectivity index (χ4n) is 2.66. The standard InChI is InChI=1S/C17H21NO2/c1-2-8-15(9-3-1)19-12-6-11-18-17-13-14-7-4-5-10-16(14)20-17/h1-5,7-10,14,16-18H,6,11-13H2. The summed E-state index contributed by atoms with van der Waals surface area (Å²) in [6.07, 6.45) is 11.0. The van der Waals surface area contributed by atoms with Crippen LogP contribution in [-0.4, -0.2) is 25.5 Å². The van der Waals surface area contributed by atoms with Crippen LogP contribution < -0.4 is 10.1 Å². The maximum atomic E-state index is 5.94. The predicted molar refractivity (Wildman–Crippen MR) is 79.6 cm³/mol. The van der Waals surface area contributed by atoms with Crippen LogP contribution >= 0.6 is 0 Å². The molecule has 0 bridgehead atoms. The van der Waals surface area contributed by atoms with Crippen molar-refractivity contribution in [3.63, 3.8) is 0 Å². The van der Waals surface area contributed by atoms with Crippen molar-refractivity contribution in [1.82, 2.24) is 5.32 Å². The fourth-order valence-corrected chi connectivity index (χ4v) is 2.66. The normalized spacial score (nSPS) is 27.5. The van der Waals surface area contributed by atoms with Crippen LogP contribution in [0.15, 0.2) is 54.6 Å². The number of hydrogen-bond acceptors (Lipinski definition) is 3. The highest BCUT2D eigenvalue weighted by Crippen LogP contribution is 2.29. The molecular weight excluding hydrogens is 250 g/mol. The van der Waals surface area contributed by atoms with Crippen LogP contribution in [0.3, 0.4) is 0 Å². The molecule has 3 rings (SSSR count). The van der Waals surface area contributed by atoms with Crippen molar-refractivity contribution in [2.24, 2.45) is 5.92 Å². The summed E-state index contributed by atoms with van der Waals surface area (Å²) in [7, 11) is 0. The number of fused-ring (bicyclic) bond motifs is 1. The van der Waals surface area contributed by atoms with Gasteiger partial charge in [-0.1, -0.05) is 42.5 Å². The molecule has 3 nitrogen and oxygen atoms in total. The first-order chi connectivity index (χ1) is 9.92. The molecule has 1 heterocycles. The molecule has 3 heteroatoms. The van der Waals surface area contributed by atoms with Gasteiger partial charge in [-0.05, 0) is 25.0 Å². The lowest BCUT2D eigenvalue weighted by atomic mass is 9.97. The highest BCUT2D eigenvalue weighted by Gasteiger charge is 2.32. The molecule has 0 saturated carbocycles. The molecule has 0 amide bonds. The highest BCUT2D eigenvalue weighted by molar-refractivity contribution is 5.20. The van der Waals surface area contributed by atoms with Gasteiger partial charge in [0.2, 0.25) is 0 Å². The van der Waals surface area contributed by atoms with E-state index < -0.39 is 0 Å². The summed E-state index contributed by atoms with van der Waals surface area (Å²) in [6, 6.07) is 9.94. The number of ether oxygens (including phenoxy) is 2. The Morgan fingerprint density at radius 3 is 2.85 bits per heavy atom. The Morgan fingerprint density at radius 1 is 1.15 bits per heavy atom. The summed E-state index contributed by atoms with van der Waals surface area (Å²) in [5.74, 6) is 1.48. The molecule has 1 aromatic carbocycles. The molecule has 1 aliphatic heterocycles. The first-order valence-electron chi connectivity index (χ1n) is 7.33. The van der Waals surface area contributed by atoms with Gasteiger partial charge in [0.1, 0.15) is 12.0 Å². The van der Waals surface area contributed by atoms with Gasteiger partial charge in [-0.3, -0.25) is 5.32 Å². The maximum absolute atomic E-state index is 5.94. The van der Waals surface area contributed by atoms with Crippen LogP contribution in [0.2, 0.25) is 0 Å². The lowest BCUT2D eigenvalue weighted by molar-refractivity contribution is 0.0442. The third-order valence-corrected chi connectivity index (χ3v) is 3.70. The third-order valence-electron chi connectivity index (χ3n) is 3.70. The monoisotopic (exact) mass is 271 g/mol. The number of hydrogen-bond donors (Lipinski definition) is 1.